The van der Waals surface area contributed by atoms with Crippen molar-refractivity contribution >= 4 is 27.6 Å². The quantitative estimate of drug-likeness (QED) is 0.800. The molecule has 0 aromatic heterocycles. The summed E-state index contributed by atoms with van der Waals surface area (Å²) in [6.07, 6.45) is 0.585. The van der Waals surface area contributed by atoms with Crippen LogP contribution in [0.25, 0.3) is 0 Å². The summed E-state index contributed by atoms with van der Waals surface area (Å²) in [4.78, 5) is 11.7. The molecule has 100 valence electrons. The Morgan fingerprint density at radius 1 is 1.50 bits per heavy atom. The van der Waals surface area contributed by atoms with Gasteiger partial charge in [-0.15, -0.1) is 0 Å². The zero-order valence-electron chi connectivity index (χ0n) is 10.9. The van der Waals surface area contributed by atoms with Crippen LogP contribution in [0.1, 0.15) is 25.8 Å². The minimum Gasteiger partial charge on any atom is -0.388 e. The number of carbonyl (C=O) groups excluding carboxylic acids is 1. The number of hydrogen-bond acceptors (Lipinski definition) is 2. The van der Waals surface area contributed by atoms with E-state index in [1.165, 1.54) is 0 Å². The maximum absolute atomic E-state index is 11.7. The normalized spacial score (nSPS) is 13.8. The Labute approximate surface area is 116 Å². The van der Waals surface area contributed by atoms with Gasteiger partial charge < -0.3 is 15.7 Å². The standard InChI is InChI=1S/C13H19BrN2O2/c1-4-13(3,18)8-15-12(17)16-11-6-5-9(2)7-10(11)14/h5-7,18H,4,8H2,1-3H3,(H2,15,16,17). The van der Waals surface area contributed by atoms with Crippen molar-refractivity contribution in [3.63, 3.8) is 0 Å². The molecule has 0 radical (unpaired) electrons. The molecule has 1 aromatic carbocycles. The summed E-state index contributed by atoms with van der Waals surface area (Å²) in [5.41, 5.74) is 0.943. The summed E-state index contributed by atoms with van der Waals surface area (Å²) < 4.78 is 0.833. The van der Waals surface area contributed by atoms with Gasteiger partial charge in [-0.1, -0.05) is 13.0 Å². The molecule has 2 amide bonds. The molecular formula is C13H19BrN2O2. The molecule has 0 fully saturated rings. The van der Waals surface area contributed by atoms with Crippen LogP contribution < -0.4 is 10.6 Å². The highest BCUT2D eigenvalue weighted by molar-refractivity contribution is 9.10. The van der Waals surface area contributed by atoms with Crippen molar-refractivity contribution < 1.29 is 9.90 Å². The molecule has 0 spiro atoms. The van der Waals surface area contributed by atoms with Gasteiger partial charge in [0, 0.05) is 11.0 Å². The first-order valence-corrected chi connectivity index (χ1v) is 6.67. The molecule has 0 bridgehead atoms. The van der Waals surface area contributed by atoms with Gasteiger partial charge in [0.2, 0.25) is 0 Å². The molecule has 1 rings (SSSR count). The van der Waals surface area contributed by atoms with E-state index < -0.39 is 5.60 Å². The number of amides is 2. The van der Waals surface area contributed by atoms with Crippen LogP contribution in [0.5, 0.6) is 0 Å². The van der Waals surface area contributed by atoms with Crippen LogP contribution in [0, 0.1) is 6.92 Å². The number of rotatable bonds is 4. The van der Waals surface area contributed by atoms with Gasteiger partial charge in [0.1, 0.15) is 0 Å². The highest BCUT2D eigenvalue weighted by atomic mass is 79.9. The Balaban J connectivity index is 2.55. The van der Waals surface area contributed by atoms with Crippen LogP contribution in [0.4, 0.5) is 10.5 Å². The van der Waals surface area contributed by atoms with Crippen LogP contribution in [-0.2, 0) is 0 Å². The highest BCUT2D eigenvalue weighted by Crippen LogP contribution is 2.23. The number of aryl methyl sites for hydroxylation is 1. The van der Waals surface area contributed by atoms with Crippen molar-refractivity contribution in [1.29, 1.82) is 0 Å². The molecule has 1 aromatic rings. The lowest BCUT2D eigenvalue weighted by molar-refractivity contribution is 0.0587. The van der Waals surface area contributed by atoms with E-state index in [9.17, 15) is 9.90 Å². The molecule has 0 aliphatic rings. The van der Waals surface area contributed by atoms with E-state index in [0.717, 1.165) is 10.0 Å². The minimum atomic E-state index is -0.873. The van der Waals surface area contributed by atoms with Crippen LogP contribution >= 0.6 is 15.9 Å². The van der Waals surface area contributed by atoms with Crippen LogP contribution in [-0.4, -0.2) is 23.3 Å². The SMILES string of the molecule is CCC(C)(O)CNC(=O)Nc1ccc(C)cc1Br. The molecular weight excluding hydrogens is 296 g/mol. The fourth-order valence-corrected chi connectivity index (χ4v) is 1.88. The third-order valence-electron chi connectivity index (χ3n) is 2.76. The van der Waals surface area contributed by atoms with Gasteiger partial charge in [-0.3, -0.25) is 0 Å². The minimum absolute atomic E-state index is 0.221. The number of halogens is 1. The maximum atomic E-state index is 11.7. The summed E-state index contributed by atoms with van der Waals surface area (Å²) in [7, 11) is 0. The Morgan fingerprint density at radius 3 is 2.72 bits per heavy atom. The predicted octanol–water partition coefficient (Wildman–Crippen LogP) is 3.04. The van der Waals surface area contributed by atoms with Gasteiger partial charge in [0.25, 0.3) is 0 Å². The van der Waals surface area contributed by atoms with Gasteiger partial charge in [-0.05, 0) is 53.9 Å². The number of carbonyl (C=O) groups is 1. The summed E-state index contributed by atoms with van der Waals surface area (Å²) >= 11 is 3.39. The van der Waals surface area contributed by atoms with E-state index >= 15 is 0 Å². The molecule has 0 saturated heterocycles. The summed E-state index contributed by atoms with van der Waals surface area (Å²) in [5.74, 6) is 0. The molecule has 18 heavy (non-hydrogen) atoms. The first-order valence-electron chi connectivity index (χ1n) is 5.87. The molecule has 0 aliphatic carbocycles. The van der Waals surface area contributed by atoms with E-state index in [1.54, 1.807) is 6.92 Å². The molecule has 1 unspecified atom stereocenters. The lowest BCUT2D eigenvalue weighted by Gasteiger charge is -2.21. The highest BCUT2D eigenvalue weighted by Gasteiger charge is 2.18. The van der Waals surface area contributed by atoms with Crippen molar-refractivity contribution in [1.82, 2.24) is 5.32 Å². The van der Waals surface area contributed by atoms with Gasteiger partial charge in [-0.25, -0.2) is 4.79 Å². The molecule has 0 aliphatic heterocycles. The average Bonchev–Trinajstić information content (AvgIpc) is 2.30. The third kappa shape index (κ3) is 4.66. The number of hydrogen-bond donors (Lipinski definition) is 3. The van der Waals surface area contributed by atoms with Crippen molar-refractivity contribution in [3.8, 4) is 0 Å². The lowest BCUT2D eigenvalue weighted by Crippen LogP contribution is -2.41. The fraction of sp³-hybridized carbons (Fsp3) is 0.462. The van der Waals surface area contributed by atoms with Gasteiger partial charge >= 0.3 is 6.03 Å². The summed E-state index contributed by atoms with van der Waals surface area (Å²) in [6.45, 7) is 5.76. The van der Waals surface area contributed by atoms with Crippen molar-refractivity contribution in [2.75, 3.05) is 11.9 Å². The largest absolute Gasteiger partial charge is 0.388 e. The average molecular weight is 315 g/mol. The Hall–Kier alpha value is -1.07. The molecule has 3 N–H and O–H groups in total. The Bertz CT molecular complexity index is 433. The van der Waals surface area contributed by atoms with E-state index in [0.29, 0.717) is 12.1 Å². The second-order valence-electron chi connectivity index (χ2n) is 4.64. The first-order chi connectivity index (χ1) is 8.34. The number of aliphatic hydroxyl groups is 1. The number of benzene rings is 1. The van der Waals surface area contributed by atoms with Gasteiger partial charge in [0.15, 0.2) is 0 Å². The first kappa shape index (κ1) is 15.0. The maximum Gasteiger partial charge on any atom is 0.319 e. The molecule has 4 nitrogen and oxygen atoms in total. The van der Waals surface area contributed by atoms with Crippen LogP contribution in [0.15, 0.2) is 22.7 Å². The second-order valence-corrected chi connectivity index (χ2v) is 5.50. The van der Waals surface area contributed by atoms with E-state index in [-0.39, 0.29) is 12.6 Å². The number of anilines is 1. The molecule has 1 atom stereocenters. The third-order valence-corrected chi connectivity index (χ3v) is 3.42. The molecule has 0 heterocycles. The van der Waals surface area contributed by atoms with Gasteiger partial charge in [0.05, 0.1) is 11.3 Å². The predicted molar refractivity (Wildman–Crippen MR) is 76.8 cm³/mol. The zero-order chi connectivity index (χ0) is 13.8. The van der Waals surface area contributed by atoms with Crippen molar-refractivity contribution in [2.24, 2.45) is 0 Å². The van der Waals surface area contributed by atoms with Crippen LogP contribution in [0.2, 0.25) is 0 Å². The van der Waals surface area contributed by atoms with Gasteiger partial charge in [-0.2, -0.15) is 0 Å². The van der Waals surface area contributed by atoms with Crippen molar-refractivity contribution in [3.05, 3.63) is 28.2 Å². The fourth-order valence-electron chi connectivity index (χ4n) is 1.28. The monoisotopic (exact) mass is 314 g/mol. The molecule has 5 heteroatoms. The van der Waals surface area contributed by atoms with E-state index in [2.05, 4.69) is 26.6 Å². The second kappa shape index (κ2) is 6.20. The zero-order valence-corrected chi connectivity index (χ0v) is 12.5. The molecule has 0 saturated carbocycles. The Kier molecular flexibility index (Phi) is 5.16. The van der Waals surface area contributed by atoms with E-state index in [1.807, 2.05) is 32.0 Å². The number of urea groups is 1. The Morgan fingerprint density at radius 2 is 2.17 bits per heavy atom. The van der Waals surface area contributed by atoms with E-state index in [4.69, 9.17) is 0 Å². The van der Waals surface area contributed by atoms with Crippen LogP contribution in [0.3, 0.4) is 0 Å². The smallest absolute Gasteiger partial charge is 0.319 e. The number of nitrogens with one attached hydrogen (secondary N) is 2. The summed E-state index contributed by atoms with van der Waals surface area (Å²) in [6, 6.07) is 5.35. The topological polar surface area (TPSA) is 61.4 Å². The summed E-state index contributed by atoms with van der Waals surface area (Å²) in [5, 5.41) is 15.1. The lowest BCUT2D eigenvalue weighted by atomic mass is 10.0. The van der Waals surface area contributed by atoms with Crippen molar-refractivity contribution in [2.45, 2.75) is 32.8 Å².